The Morgan fingerprint density at radius 2 is 1.61 bits per heavy atom. The molecule has 1 fully saturated rings. The third-order valence-electron chi connectivity index (χ3n) is 4.98. The SMILES string of the molecule is O=CN(O)C1CCCCC1CS(=O)(=O)c1ccc(Oc2ccc(F)cc2)cc1. The van der Waals surface area contributed by atoms with Crippen LogP contribution in [0.5, 0.6) is 11.5 Å². The monoisotopic (exact) mass is 407 g/mol. The van der Waals surface area contributed by atoms with E-state index in [0.29, 0.717) is 35.8 Å². The van der Waals surface area contributed by atoms with Gasteiger partial charge in [0.05, 0.1) is 16.7 Å². The van der Waals surface area contributed by atoms with Crippen molar-refractivity contribution in [3.63, 3.8) is 0 Å². The van der Waals surface area contributed by atoms with Gasteiger partial charge in [0.15, 0.2) is 9.84 Å². The van der Waals surface area contributed by atoms with Crippen molar-refractivity contribution in [3.8, 4) is 11.5 Å². The van der Waals surface area contributed by atoms with Crippen LogP contribution in [0.15, 0.2) is 53.4 Å². The molecule has 3 rings (SSSR count). The standard InChI is InChI=1S/C20H22FNO5S/c21-16-5-7-17(8-6-16)27-18-9-11-19(12-10-18)28(25,26)13-15-3-1-2-4-20(15)22(24)14-23/h5-12,14-15,20,24H,1-4,13H2. The number of sulfone groups is 1. The van der Waals surface area contributed by atoms with Gasteiger partial charge in [0.1, 0.15) is 17.3 Å². The van der Waals surface area contributed by atoms with Gasteiger partial charge in [-0.3, -0.25) is 10.0 Å². The first-order valence-corrected chi connectivity index (χ1v) is 10.7. The van der Waals surface area contributed by atoms with E-state index in [-0.39, 0.29) is 22.4 Å². The van der Waals surface area contributed by atoms with Crippen LogP contribution in [0.25, 0.3) is 0 Å². The van der Waals surface area contributed by atoms with Crippen LogP contribution < -0.4 is 4.74 Å². The maximum absolute atomic E-state index is 12.9. The second-order valence-corrected chi connectivity index (χ2v) is 8.94. The Hall–Kier alpha value is -2.45. The van der Waals surface area contributed by atoms with Gasteiger partial charge in [0, 0.05) is 0 Å². The highest BCUT2D eigenvalue weighted by Crippen LogP contribution is 2.31. The highest BCUT2D eigenvalue weighted by Gasteiger charge is 2.33. The molecule has 2 aromatic carbocycles. The lowest BCUT2D eigenvalue weighted by atomic mass is 9.86. The molecule has 0 aromatic heterocycles. The third-order valence-corrected chi connectivity index (χ3v) is 6.84. The minimum Gasteiger partial charge on any atom is -0.457 e. The number of carbonyl (C=O) groups excluding carboxylic acids is 1. The Morgan fingerprint density at radius 3 is 2.21 bits per heavy atom. The van der Waals surface area contributed by atoms with Crippen molar-refractivity contribution in [3.05, 3.63) is 54.3 Å². The predicted molar refractivity (Wildman–Crippen MR) is 100 cm³/mol. The minimum absolute atomic E-state index is 0.138. The smallest absolute Gasteiger partial charge is 0.233 e. The number of halogens is 1. The molecule has 8 heteroatoms. The molecule has 0 radical (unpaired) electrons. The van der Waals surface area contributed by atoms with Crippen LogP contribution in [0.4, 0.5) is 4.39 Å². The quantitative estimate of drug-likeness (QED) is 0.429. The lowest BCUT2D eigenvalue weighted by Gasteiger charge is -2.34. The predicted octanol–water partition coefficient (Wildman–Crippen LogP) is 3.80. The van der Waals surface area contributed by atoms with E-state index < -0.39 is 15.9 Å². The Kier molecular flexibility index (Phi) is 6.31. The molecule has 2 unspecified atom stereocenters. The zero-order chi connectivity index (χ0) is 20.1. The summed E-state index contributed by atoms with van der Waals surface area (Å²) >= 11 is 0. The number of carbonyl (C=O) groups is 1. The number of ether oxygens (including phenoxy) is 1. The maximum Gasteiger partial charge on any atom is 0.233 e. The van der Waals surface area contributed by atoms with Gasteiger partial charge >= 0.3 is 0 Å². The van der Waals surface area contributed by atoms with Crippen molar-refractivity contribution in [2.45, 2.75) is 36.6 Å². The van der Waals surface area contributed by atoms with E-state index in [0.717, 1.165) is 12.8 Å². The molecule has 6 nitrogen and oxygen atoms in total. The van der Waals surface area contributed by atoms with Crippen molar-refractivity contribution in [1.82, 2.24) is 5.06 Å². The van der Waals surface area contributed by atoms with Gasteiger partial charge in [0.2, 0.25) is 6.41 Å². The summed E-state index contributed by atoms with van der Waals surface area (Å²) in [4.78, 5) is 11.0. The van der Waals surface area contributed by atoms with E-state index in [9.17, 15) is 22.8 Å². The molecule has 0 saturated heterocycles. The van der Waals surface area contributed by atoms with E-state index in [1.807, 2.05) is 0 Å². The molecular formula is C20H22FNO5S. The maximum atomic E-state index is 12.9. The fourth-order valence-electron chi connectivity index (χ4n) is 3.54. The van der Waals surface area contributed by atoms with Crippen molar-refractivity contribution >= 4 is 16.2 Å². The number of hydrogen-bond acceptors (Lipinski definition) is 5. The van der Waals surface area contributed by atoms with Crippen molar-refractivity contribution in [2.75, 3.05) is 5.75 Å². The molecule has 0 heterocycles. The summed E-state index contributed by atoms with van der Waals surface area (Å²) < 4.78 is 44.1. The van der Waals surface area contributed by atoms with Crippen LogP contribution in [-0.4, -0.2) is 36.9 Å². The van der Waals surface area contributed by atoms with Gasteiger partial charge in [-0.15, -0.1) is 0 Å². The molecular weight excluding hydrogens is 385 g/mol. The summed E-state index contributed by atoms with van der Waals surface area (Å²) in [5.41, 5.74) is 0. The van der Waals surface area contributed by atoms with Gasteiger partial charge < -0.3 is 4.74 Å². The number of benzene rings is 2. The molecule has 1 aliphatic rings. The van der Waals surface area contributed by atoms with E-state index in [1.54, 1.807) is 12.1 Å². The lowest BCUT2D eigenvalue weighted by Crippen LogP contribution is -2.42. The Bertz CT molecular complexity index is 899. The molecule has 28 heavy (non-hydrogen) atoms. The number of nitrogens with zero attached hydrogens (tertiary/aromatic N) is 1. The lowest BCUT2D eigenvalue weighted by molar-refractivity contribution is -0.167. The second kappa shape index (κ2) is 8.70. The average Bonchev–Trinajstić information content (AvgIpc) is 2.70. The van der Waals surface area contributed by atoms with Crippen molar-refractivity contribution < 1.29 is 27.5 Å². The molecule has 2 atom stereocenters. The summed E-state index contributed by atoms with van der Waals surface area (Å²) in [5.74, 6) is 0.0539. The van der Waals surface area contributed by atoms with Crippen LogP contribution in [0, 0.1) is 11.7 Å². The summed E-state index contributed by atoms with van der Waals surface area (Å²) in [6, 6.07) is 11.0. The fraction of sp³-hybridized carbons (Fsp3) is 0.350. The van der Waals surface area contributed by atoms with Crippen LogP contribution in [0.3, 0.4) is 0 Å². The van der Waals surface area contributed by atoms with Gasteiger partial charge in [-0.1, -0.05) is 12.8 Å². The van der Waals surface area contributed by atoms with Crippen LogP contribution in [0.1, 0.15) is 25.7 Å². The van der Waals surface area contributed by atoms with E-state index in [2.05, 4.69) is 0 Å². The first-order chi connectivity index (χ1) is 13.4. The summed E-state index contributed by atoms with van der Waals surface area (Å²) in [7, 11) is -3.59. The number of rotatable bonds is 7. The molecule has 1 N–H and O–H groups in total. The number of hydrogen-bond donors (Lipinski definition) is 1. The minimum atomic E-state index is -3.59. The summed E-state index contributed by atoms with van der Waals surface area (Å²) in [6.07, 6.45) is 3.27. The molecule has 1 saturated carbocycles. The Morgan fingerprint density at radius 1 is 1.04 bits per heavy atom. The topological polar surface area (TPSA) is 83.9 Å². The molecule has 0 spiro atoms. The first-order valence-electron chi connectivity index (χ1n) is 9.08. The van der Waals surface area contributed by atoms with Gasteiger partial charge in [-0.2, -0.15) is 0 Å². The van der Waals surface area contributed by atoms with Crippen molar-refractivity contribution in [1.29, 1.82) is 0 Å². The molecule has 2 aromatic rings. The molecule has 0 aliphatic heterocycles. The van der Waals surface area contributed by atoms with Gasteiger partial charge in [-0.05, 0) is 67.3 Å². The van der Waals surface area contributed by atoms with Crippen LogP contribution in [0.2, 0.25) is 0 Å². The molecule has 1 amide bonds. The van der Waals surface area contributed by atoms with E-state index in [1.165, 1.54) is 36.4 Å². The van der Waals surface area contributed by atoms with E-state index in [4.69, 9.17) is 4.74 Å². The number of amides is 1. The van der Waals surface area contributed by atoms with Crippen LogP contribution >= 0.6 is 0 Å². The van der Waals surface area contributed by atoms with E-state index >= 15 is 0 Å². The van der Waals surface area contributed by atoms with Gasteiger partial charge in [-0.25, -0.2) is 17.9 Å². The van der Waals surface area contributed by atoms with Crippen LogP contribution in [-0.2, 0) is 14.6 Å². The zero-order valence-corrected chi connectivity index (χ0v) is 16.0. The normalized spacial score (nSPS) is 19.8. The van der Waals surface area contributed by atoms with Crippen molar-refractivity contribution in [2.24, 2.45) is 5.92 Å². The first kappa shape index (κ1) is 20.3. The fourth-order valence-corrected chi connectivity index (χ4v) is 5.24. The summed E-state index contributed by atoms with van der Waals surface area (Å²) in [6.45, 7) is 0. The second-order valence-electron chi connectivity index (χ2n) is 6.91. The number of hydroxylamine groups is 2. The third kappa shape index (κ3) is 4.88. The largest absolute Gasteiger partial charge is 0.457 e. The summed E-state index contributed by atoms with van der Waals surface area (Å²) in [5, 5.41) is 10.3. The van der Waals surface area contributed by atoms with Gasteiger partial charge in [0.25, 0.3) is 0 Å². The molecule has 1 aliphatic carbocycles. The highest BCUT2D eigenvalue weighted by molar-refractivity contribution is 7.91. The highest BCUT2D eigenvalue weighted by atomic mass is 32.2. The molecule has 150 valence electrons. The Labute approximate surface area is 163 Å². The zero-order valence-electron chi connectivity index (χ0n) is 15.2. The molecule has 0 bridgehead atoms. The average molecular weight is 407 g/mol. The Balaban J connectivity index is 1.70.